The van der Waals surface area contributed by atoms with Crippen LogP contribution in [0.3, 0.4) is 0 Å². The summed E-state index contributed by atoms with van der Waals surface area (Å²) in [6.07, 6.45) is 4.90. The van der Waals surface area contributed by atoms with Crippen molar-refractivity contribution in [3.63, 3.8) is 0 Å². The molecule has 0 aliphatic carbocycles. The number of rotatable bonds is 3. The molecule has 0 saturated carbocycles. The number of hydrogen-bond donors (Lipinski definition) is 0. The molecule has 0 aromatic heterocycles. The average Bonchev–Trinajstić information content (AvgIpc) is 1.98. The highest BCUT2D eigenvalue weighted by molar-refractivity contribution is 5.01. The van der Waals surface area contributed by atoms with Crippen molar-refractivity contribution in [2.45, 2.75) is 19.8 Å². The first-order chi connectivity index (χ1) is 4.81. The number of nitrogens with zero attached hydrogens (tertiary/aromatic N) is 2. The molecule has 0 N–H and O–H groups in total. The van der Waals surface area contributed by atoms with Crippen LogP contribution < -0.4 is 0 Å². The van der Waals surface area contributed by atoms with E-state index < -0.39 is 0 Å². The summed E-state index contributed by atoms with van der Waals surface area (Å²) in [5.41, 5.74) is 0. The Balaban J connectivity index is 3.32. The molecule has 0 fully saturated rings. The fourth-order valence-electron chi connectivity index (χ4n) is 0.547. The molecule has 0 amide bonds. The summed E-state index contributed by atoms with van der Waals surface area (Å²) < 4.78 is 0. The summed E-state index contributed by atoms with van der Waals surface area (Å²) in [7, 11) is 0. The molecule has 2 nitrogen and oxygen atoms in total. The van der Waals surface area contributed by atoms with Crippen LogP contribution in [0.15, 0.2) is 12.2 Å². The summed E-state index contributed by atoms with van der Waals surface area (Å²) in [4.78, 5) is 0. The molecule has 1 atom stereocenters. The molecule has 0 spiro atoms. The van der Waals surface area contributed by atoms with E-state index in [-0.39, 0.29) is 5.92 Å². The Labute approximate surface area is 61.4 Å². The van der Waals surface area contributed by atoms with Gasteiger partial charge in [-0.15, -0.1) is 0 Å². The third kappa shape index (κ3) is 4.87. The second-order valence-electron chi connectivity index (χ2n) is 2.14. The van der Waals surface area contributed by atoms with E-state index in [2.05, 4.69) is 6.07 Å². The third-order valence-electron chi connectivity index (χ3n) is 1.18. The van der Waals surface area contributed by atoms with Gasteiger partial charge in [-0.2, -0.15) is 10.5 Å². The van der Waals surface area contributed by atoms with E-state index in [9.17, 15) is 0 Å². The Morgan fingerprint density at radius 1 is 1.50 bits per heavy atom. The van der Waals surface area contributed by atoms with Gasteiger partial charge in [0, 0.05) is 12.0 Å². The lowest BCUT2D eigenvalue weighted by Crippen LogP contribution is -1.86. The summed E-state index contributed by atoms with van der Waals surface area (Å²) >= 11 is 0. The van der Waals surface area contributed by atoms with Gasteiger partial charge in [0.15, 0.2) is 0 Å². The van der Waals surface area contributed by atoms with E-state index >= 15 is 0 Å². The molecule has 0 saturated heterocycles. The van der Waals surface area contributed by atoms with Crippen molar-refractivity contribution < 1.29 is 0 Å². The van der Waals surface area contributed by atoms with Crippen LogP contribution in [0, 0.1) is 28.6 Å². The van der Waals surface area contributed by atoms with E-state index in [1.165, 1.54) is 6.08 Å². The lowest BCUT2D eigenvalue weighted by Gasteiger charge is -1.94. The van der Waals surface area contributed by atoms with Gasteiger partial charge in [-0.25, -0.2) is 0 Å². The fraction of sp³-hybridized carbons (Fsp3) is 0.500. The van der Waals surface area contributed by atoms with Gasteiger partial charge < -0.3 is 0 Å². The Bertz CT molecular complexity index is 180. The minimum absolute atomic E-state index is 0.100. The topological polar surface area (TPSA) is 47.6 Å². The van der Waals surface area contributed by atoms with Crippen LogP contribution in [-0.4, -0.2) is 0 Å². The van der Waals surface area contributed by atoms with Gasteiger partial charge >= 0.3 is 0 Å². The summed E-state index contributed by atoms with van der Waals surface area (Å²) in [6, 6.07) is 4.02. The van der Waals surface area contributed by atoms with Crippen molar-refractivity contribution in [3.8, 4) is 12.1 Å². The maximum Gasteiger partial charge on any atom is 0.0908 e. The van der Waals surface area contributed by atoms with Crippen LogP contribution in [0.1, 0.15) is 19.8 Å². The molecular weight excluding hydrogens is 124 g/mol. The highest BCUT2D eigenvalue weighted by atomic mass is 14.3. The van der Waals surface area contributed by atoms with Gasteiger partial charge in [0.1, 0.15) is 0 Å². The molecule has 0 radical (unpaired) electrons. The van der Waals surface area contributed by atoms with Crippen LogP contribution in [0.25, 0.3) is 0 Å². The maximum atomic E-state index is 8.35. The van der Waals surface area contributed by atoms with Gasteiger partial charge in [0.2, 0.25) is 0 Å². The average molecular weight is 134 g/mol. The van der Waals surface area contributed by atoms with E-state index in [0.717, 1.165) is 12.8 Å². The molecule has 0 aromatic rings. The Kier molecular flexibility index (Phi) is 5.10. The first kappa shape index (κ1) is 8.72. The predicted molar refractivity (Wildman–Crippen MR) is 38.8 cm³/mol. The molecule has 0 heterocycles. The predicted octanol–water partition coefficient (Wildman–Crippen LogP) is 2.01. The number of hydrogen-bond acceptors (Lipinski definition) is 2. The van der Waals surface area contributed by atoms with Crippen molar-refractivity contribution in [2.75, 3.05) is 0 Å². The molecule has 0 bridgehead atoms. The molecule has 1 unspecified atom stereocenters. The third-order valence-corrected chi connectivity index (χ3v) is 1.18. The van der Waals surface area contributed by atoms with Crippen LogP contribution in [0.4, 0.5) is 0 Å². The van der Waals surface area contributed by atoms with Gasteiger partial charge in [-0.3, -0.25) is 0 Å². The standard InChI is InChI=1S/C8H10N2/c1-8(7-10)5-3-2-4-6-9/h2,4,8H,3,5H2,1H3. The van der Waals surface area contributed by atoms with Crippen molar-refractivity contribution in [1.82, 2.24) is 0 Å². The largest absolute Gasteiger partial charge is 0.198 e. The van der Waals surface area contributed by atoms with Gasteiger partial charge in [0.25, 0.3) is 0 Å². The van der Waals surface area contributed by atoms with Gasteiger partial charge in [0.05, 0.1) is 12.1 Å². The Morgan fingerprint density at radius 2 is 2.20 bits per heavy atom. The number of allylic oxidation sites excluding steroid dienone is 2. The minimum atomic E-state index is 0.100. The minimum Gasteiger partial charge on any atom is -0.198 e. The zero-order valence-electron chi connectivity index (χ0n) is 6.04. The van der Waals surface area contributed by atoms with E-state index in [1.54, 1.807) is 6.08 Å². The molecular formula is C8H10N2. The Hall–Kier alpha value is -1.28. The normalized spacial score (nSPS) is 12.3. The SMILES string of the molecule is CC(C#N)CCC=CC#N. The van der Waals surface area contributed by atoms with Crippen molar-refractivity contribution in [2.24, 2.45) is 5.92 Å². The lowest BCUT2D eigenvalue weighted by molar-refractivity contribution is 0.671. The zero-order chi connectivity index (χ0) is 7.82. The highest BCUT2D eigenvalue weighted by Gasteiger charge is 1.94. The zero-order valence-corrected chi connectivity index (χ0v) is 6.04. The van der Waals surface area contributed by atoms with Crippen molar-refractivity contribution in [3.05, 3.63) is 12.2 Å². The number of nitriles is 2. The summed E-state index contributed by atoms with van der Waals surface area (Å²) in [6.45, 7) is 1.88. The van der Waals surface area contributed by atoms with Crippen molar-refractivity contribution in [1.29, 1.82) is 10.5 Å². The summed E-state index contributed by atoms with van der Waals surface area (Å²) in [5, 5.41) is 16.4. The summed E-state index contributed by atoms with van der Waals surface area (Å²) in [5.74, 6) is 0.100. The smallest absolute Gasteiger partial charge is 0.0908 e. The van der Waals surface area contributed by atoms with Crippen molar-refractivity contribution >= 4 is 0 Å². The first-order valence-electron chi connectivity index (χ1n) is 3.25. The molecule has 0 aromatic carbocycles. The highest BCUT2D eigenvalue weighted by Crippen LogP contribution is 2.03. The lowest BCUT2D eigenvalue weighted by atomic mass is 10.1. The van der Waals surface area contributed by atoms with Crippen LogP contribution >= 0.6 is 0 Å². The fourth-order valence-corrected chi connectivity index (χ4v) is 0.547. The van der Waals surface area contributed by atoms with E-state index in [1.807, 2.05) is 13.0 Å². The molecule has 0 rings (SSSR count). The molecule has 52 valence electrons. The quantitative estimate of drug-likeness (QED) is 0.554. The second kappa shape index (κ2) is 5.85. The second-order valence-corrected chi connectivity index (χ2v) is 2.14. The molecule has 0 aliphatic heterocycles. The van der Waals surface area contributed by atoms with Crippen LogP contribution in [-0.2, 0) is 0 Å². The molecule has 10 heavy (non-hydrogen) atoms. The van der Waals surface area contributed by atoms with Crippen LogP contribution in [0.5, 0.6) is 0 Å². The molecule has 2 heteroatoms. The van der Waals surface area contributed by atoms with Gasteiger partial charge in [-0.05, 0) is 19.8 Å². The van der Waals surface area contributed by atoms with E-state index in [0.29, 0.717) is 0 Å². The Morgan fingerprint density at radius 3 is 2.70 bits per heavy atom. The maximum absolute atomic E-state index is 8.35. The van der Waals surface area contributed by atoms with E-state index in [4.69, 9.17) is 10.5 Å². The first-order valence-corrected chi connectivity index (χ1v) is 3.25. The van der Waals surface area contributed by atoms with Gasteiger partial charge in [-0.1, -0.05) is 6.08 Å². The molecule has 0 aliphatic rings. The monoisotopic (exact) mass is 134 g/mol. The van der Waals surface area contributed by atoms with Crippen LogP contribution in [0.2, 0.25) is 0 Å².